The summed E-state index contributed by atoms with van der Waals surface area (Å²) in [6.45, 7) is 0. The molecule has 1 aliphatic rings. The van der Waals surface area contributed by atoms with E-state index in [1.807, 2.05) is 0 Å². The summed E-state index contributed by atoms with van der Waals surface area (Å²) in [7, 11) is 2.31. The van der Waals surface area contributed by atoms with E-state index in [0.29, 0.717) is 12.0 Å². The Morgan fingerprint density at radius 2 is 2.00 bits per heavy atom. The molecular weight excluding hydrogens is 307 g/mol. The fraction of sp³-hybridized carbons (Fsp3) is 0.267. The van der Waals surface area contributed by atoms with Crippen LogP contribution in [0.2, 0.25) is 0 Å². The summed E-state index contributed by atoms with van der Waals surface area (Å²) in [5.74, 6) is -2.45. The Kier molecular flexibility index (Phi) is 4.95. The molecule has 0 atom stereocenters. The quantitative estimate of drug-likeness (QED) is 0.642. The van der Waals surface area contributed by atoms with Gasteiger partial charge in [-0.15, -0.1) is 0 Å². The second-order valence-electron chi connectivity index (χ2n) is 4.74. The standard InChI is InChI=1S/C15H15FN2O5/c1-22-13(20)7-11(15(21)23-2)17-9-5-8-3-4-12(19)18-14(8)10(16)6-9/h5-7,17H,3-4H2,1-2H3,(H,18,19)/b11-7+. The van der Waals surface area contributed by atoms with E-state index in [1.165, 1.54) is 0 Å². The van der Waals surface area contributed by atoms with Gasteiger partial charge in [-0.05, 0) is 24.1 Å². The van der Waals surface area contributed by atoms with Crippen LogP contribution in [0.25, 0.3) is 0 Å². The van der Waals surface area contributed by atoms with Crippen LogP contribution in [0.5, 0.6) is 0 Å². The molecule has 0 saturated carbocycles. The average molecular weight is 322 g/mol. The van der Waals surface area contributed by atoms with Gasteiger partial charge in [0.05, 0.1) is 26.0 Å². The zero-order chi connectivity index (χ0) is 17.0. The number of hydrogen-bond donors (Lipinski definition) is 2. The highest BCUT2D eigenvalue weighted by atomic mass is 19.1. The number of anilines is 2. The SMILES string of the molecule is COC(=O)/C=C(/Nc1cc(F)c2c(c1)CCC(=O)N2)C(=O)OC. The van der Waals surface area contributed by atoms with Gasteiger partial charge in [-0.1, -0.05) is 0 Å². The Labute approximate surface area is 131 Å². The van der Waals surface area contributed by atoms with E-state index < -0.39 is 17.8 Å². The summed E-state index contributed by atoms with van der Waals surface area (Å²) in [5.41, 5.74) is 0.772. The average Bonchev–Trinajstić information content (AvgIpc) is 2.54. The van der Waals surface area contributed by atoms with E-state index in [4.69, 9.17) is 0 Å². The van der Waals surface area contributed by atoms with Gasteiger partial charge < -0.3 is 20.1 Å². The number of esters is 2. The first-order chi connectivity index (χ1) is 10.9. The van der Waals surface area contributed by atoms with Crippen LogP contribution in [0, 0.1) is 5.82 Å². The zero-order valence-corrected chi connectivity index (χ0v) is 12.6. The van der Waals surface area contributed by atoms with Gasteiger partial charge in [-0.25, -0.2) is 14.0 Å². The number of carbonyl (C=O) groups excluding carboxylic acids is 3. The summed E-state index contributed by atoms with van der Waals surface area (Å²) >= 11 is 0. The normalized spacial score (nSPS) is 13.7. The van der Waals surface area contributed by atoms with Crippen molar-refractivity contribution in [3.8, 4) is 0 Å². The molecule has 0 unspecified atom stereocenters. The predicted molar refractivity (Wildman–Crippen MR) is 79.1 cm³/mol. The van der Waals surface area contributed by atoms with E-state index in [0.717, 1.165) is 26.4 Å². The molecule has 0 saturated heterocycles. The predicted octanol–water partition coefficient (Wildman–Crippen LogP) is 1.35. The van der Waals surface area contributed by atoms with Crippen molar-refractivity contribution >= 4 is 29.2 Å². The second kappa shape index (κ2) is 6.91. The molecule has 7 nitrogen and oxygen atoms in total. The van der Waals surface area contributed by atoms with Crippen molar-refractivity contribution in [2.75, 3.05) is 24.9 Å². The van der Waals surface area contributed by atoms with Crippen LogP contribution >= 0.6 is 0 Å². The van der Waals surface area contributed by atoms with Crippen LogP contribution in [-0.4, -0.2) is 32.1 Å². The lowest BCUT2D eigenvalue weighted by Gasteiger charge is -2.19. The first kappa shape index (κ1) is 16.5. The van der Waals surface area contributed by atoms with Crippen molar-refractivity contribution in [2.24, 2.45) is 0 Å². The first-order valence-electron chi connectivity index (χ1n) is 6.72. The Morgan fingerprint density at radius 3 is 2.65 bits per heavy atom. The number of hydrogen-bond acceptors (Lipinski definition) is 6. The number of carbonyl (C=O) groups is 3. The maximum atomic E-state index is 14.1. The molecule has 0 aliphatic carbocycles. The summed E-state index contributed by atoms with van der Waals surface area (Å²) in [6, 6.07) is 2.70. The topological polar surface area (TPSA) is 93.7 Å². The van der Waals surface area contributed by atoms with Gasteiger partial charge in [-0.2, -0.15) is 0 Å². The molecule has 2 rings (SSSR count). The smallest absolute Gasteiger partial charge is 0.354 e. The number of halogens is 1. The van der Waals surface area contributed by atoms with E-state index >= 15 is 0 Å². The lowest BCUT2D eigenvalue weighted by molar-refractivity contribution is -0.138. The Morgan fingerprint density at radius 1 is 1.26 bits per heavy atom. The maximum Gasteiger partial charge on any atom is 0.354 e. The van der Waals surface area contributed by atoms with Crippen molar-refractivity contribution in [1.82, 2.24) is 0 Å². The molecule has 1 aromatic carbocycles. The van der Waals surface area contributed by atoms with Crippen LogP contribution in [0.4, 0.5) is 15.8 Å². The highest BCUT2D eigenvalue weighted by molar-refractivity contribution is 5.99. The molecule has 0 fully saturated rings. The number of nitrogens with one attached hydrogen (secondary N) is 2. The number of fused-ring (bicyclic) bond motifs is 1. The van der Waals surface area contributed by atoms with Gasteiger partial charge >= 0.3 is 11.9 Å². The lowest BCUT2D eigenvalue weighted by Crippen LogP contribution is -2.21. The number of benzene rings is 1. The van der Waals surface area contributed by atoms with Crippen molar-refractivity contribution < 1.29 is 28.2 Å². The fourth-order valence-electron chi connectivity index (χ4n) is 2.11. The first-order valence-corrected chi connectivity index (χ1v) is 6.72. The Hall–Kier alpha value is -2.90. The summed E-state index contributed by atoms with van der Waals surface area (Å²) in [5, 5.41) is 5.09. The lowest BCUT2D eigenvalue weighted by atomic mass is 10.0. The third-order valence-electron chi connectivity index (χ3n) is 3.21. The van der Waals surface area contributed by atoms with Gasteiger partial charge in [0.2, 0.25) is 5.91 Å². The number of ether oxygens (including phenoxy) is 2. The van der Waals surface area contributed by atoms with Gasteiger partial charge in [0.1, 0.15) is 11.5 Å². The third-order valence-corrected chi connectivity index (χ3v) is 3.21. The molecule has 1 aromatic rings. The molecular formula is C15H15FN2O5. The minimum Gasteiger partial charge on any atom is -0.466 e. The van der Waals surface area contributed by atoms with Crippen molar-refractivity contribution in [2.45, 2.75) is 12.8 Å². The second-order valence-corrected chi connectivity index (χ2v) is 4.74. The third kappa shape index (κ3) is 3.85. The minimum atomic E-state index is -0.804. The number of amides is 1. The molecule has 1 aliphatic heterocycles. The molecule has 0 spiro atoms. The molecule has 122 valence electrons. The van der Waals surface area contributed by atoms with E-state index in [-0.39, 0.29) is 29.4 Å². The Bertz CT molecular complexity index is 699. The molecule has 1 heterocycles. The van der Waals surface area contributed by atoms with Crippen LogP contribution in [0.3, 0.4) is 0 Å². The van der Waals surface area contributed by atoms with Crippen LogP contribution in [-0.2, 0) is 30.3 Å². The fourth-order valence-corrected chi connectivity index (χ4v) is 2.11. The van der Waals surface area contributed by atoms with Crippen LogP contribution in [0.1, 0.15) is 12.0 Å². The molecule has 0 bridgehead atoms. The van der Waals surface area contributed by atoms with E-state index in [9.17, 15) is 18.8 Å². The molecule has 1 amide bonds. The van der Waals surface area contributed by atoms with Crippen molar-refractivity contribution in [1.29, 1.82) is 0 Å². The Balaban J connectivity index is 2.32. The molecule has 0 radical (unpaired) electrons. The van der Waals surface area contributed by atoms with E-state index in [1.54, 1.807) is 6.07 Å². The molecule has 2 N–H and O–H groups in total. The van der Waals surface area contributed by atoms with Crippen molar-refractivity contribution in [3.63, 3.8) is 0 Å². The molecule has 8 heteroatoms. The monoisotopic (exact) mass is 322 g/mol. The summed E-state index contributed by atoms with van der Waals surface area (Å²) in [6.07, 6.45) is 1.53. The number of aryl methyl sites for hydroxylation is 1. The highest BCUT2D eigenvalue weighted by Gasteiger charge is 2.20. The largest absolute Gasteiger partial charge is 0.466 e. The van der Waals surface area contributed by atoms with Gasteiger partial charge in [0.25, 0.3) is 0 Å². The number of rotatable bonds is 4. The highest BCUT2D eigenvalue weighted by Crippen LogP contribution is 2.29. The minimum absolute atomic E-state index is 0.128. The van der Waals surface area contributed by atoms with Crippen molar-refractivity contribution in [3.05, 3.63) is 35.3 Å². The van der Waals surface area contributed by atoms with E-state index in [2.05, 4.69) is 20.1 Å². The number of methoxy groups -OCH3 is 2. The zero-order valence-electron chi connectivity index (χ0n) is 12.6. The van der Waals surface area contributed by atoms with Crippen LogP contribution in [0.15, 0.2) is 23.9 Å². The molecule has 23 heavy (non-hydrogen) atoms. The maximum absolute atomic E-state index is 14.1. The van der Waals surface area contributed by atoms with Gasteiger partial charge in [0.15, 0.2) is 0 Å². The van der Waals surface area contributed by atoms with Gasteiger partial charge in [0, 0.05) is 12.1 Å². The molecule has 0 aromatic heterocycles. The van der Waals surface area contributed by atoms with Crippen LogP contribution < -0.4 is 10.6 Å². The summed E-state index contributed by atoms with van der Waals surface area (Å²) in [4.78, 5) is 34.3. The van der Waals surface area contributed by atoms with Gasteiger partial charge in [-0.3, -0.25) is 4.79 Å². The summed E-state index contributed by atoms with van der Waals surface area (Å²) < 4.78 is 23.1.